The molecular formula is C17H20N2O. The van der Waals surface area contributed by atoms with Gasteiger partial charge in [-0.05, 0) is 49.1 Å². The van der Waals surface area contributed by atoms with Crippen LogP contribution in [-0.2, 0) is 6.42 Å². The molecule has 0 radical (unpaired) electrons. The van der Waals surface area contributed by atoms with Gasteiger partial charge < -0.3 is 10.1 Å². The predicted molar refractivity (Wildman–Crippen MR) is 80.3 cm³/mol. The predicted octanol–water partition coefficient (Wildman–Crippen LogP) is 2.94. The van der Waals surface area contributed by atoms with Gasteiger partial charge in [-0.3, -0.25) is 4.98 Å². The molecule has 1 aromatic heterocycles. The number of methoxy groups -OCH3 is 1. The number of aromatic nitrogens is 1. The highest BCUT2D eigenvalue weighted by atomic mass is 16.5. The number of hydrogen-bond donors (Lipinski definition) is 1. The SMILES string of the molecule is COc1c(C)c(C)cc2c1CCNC2c1ccccn1. The largest absolute Gasteiger partial charge is 0.496 e. The van der Waals surface area contributed by atoms with E-state index in [4.69, 9.17) is 4.74 Å². The average Bonchev–Trinajstić information content (AvgIpc) is 2.49. The minimum atomic E-state index is 0.160. The van der Waals surface area contributed by atoms with Crippen molar-refractivity contribution in [2.24, 2.45) is 0 Å². The van der Waals surface area contributed by atoms with Crippen LogP contribution in [0.1, 0.15) is 34.0 Å². The lowest BCUT2D eigenvalue weighted by Crippen LogP contribution is -2.31. The van der Waals surface area contributed by atoms with Crippen LogP contribution >= 0.6 is 0 Å². The molecule has 0 saturated heterocycles. The van der Waals surface area contributed by atoms with Crippen molar-refractivity contribution in [3.63, 3.8) is 0 Å². The van der Waals surface area contributed by atoms with Crippen molar-refractivity contribution in [2.75, 3.05) is 13.7 Å². The van der Waals surface area contributed by atoms with Gasteiger partial charge in [0.15, 0.2) is 0 Å². The van der Waals surface area contributed by atoms with Gasteiger partial charge in [0.05, 0.1) is 18.8 Å². The molecule has 3 rings (SSSR count). The zero-order valence-electron chi connectivity index (χ0n) is 12.2. The first kappa shape index (κ1) is 13.1. The molecule has 0 spiro atoms. The summed E-state index contributed by atoms with van der Waals surface area (Å²) in [7, 11) is 1.76. The Labute approximate surface area is 120 Å². The summed E-state index contributed by atoms with van der Waals surface area (Å²) in [6.45, 7) is 5.22. The molecule has 3 nitrogen and oxygen atoms in total. The zero-order valence-corrected chi connectivity index (χ0v) is 12.2. The van der Waals surface area contributed by atoms with Gasteiger partial charge >= 0.3 is 0 Å². The summed E-state index contributed by atoms with van der Waals surface area (Å²) in [5, 5.41) is 3.57. The van der Waals surface area contributed by atoms with Crippen molar-refractivity contribution in [2.45, 2.75) is 26.3 Å². The average molecular weight is 268 g/mol. The summed E-state index contributed by atoms with van der Waals surface area (Å²) in [5.41, 5.74) is 6.21. The number of aryl methyl sites for hydroxylation is 1. The maximum atomic E-state index is 5.66. The van der Waals surface area contributed by atoms with Crippen LogP contribution in [0.15, 0.2) is 30.5 Å². The summed E-state index contributed by atoms with van der Waals surface area (Å²) in [4.78, 5) is 4.51. The number of pyridine rings is 1. The number of rotatable bonds is 2. The monoisotopic (exact) mass is 268 g/mol. The van der Waals surface area contributed by atoms with Gasteiger partial charge in [0.2, 0.25) is 0 Å². The molecule has 0 bridgehead atoms. The second kappa shape index (κ2) is 5.25. The van der Waals surface area contributed by atoms with Crippen LogP contribution in [0.5, 0.6) is 5.75 Å². The summed E-state index contributed by atoms with van der Waals surface area (Å²) >= 11 is 0. The van der Waals surface area contributed by atoms with E-state index in [-0.39, 0.29) is 6.04 Å². The van der Waals surface area contributed by atoms with E-state index >= 15 is 0 Å². The third kappa shape index (κ3) is 2.08. The third-order valence-corrected chi connectivity index (χ3v) is 4.15. The van der Waals surface area contributed by atoms with Crippen LogP contribution in [0.2, 0.25) is 0 Å². The smallest absolute Gasteiger partial charge is 0.125 e. The third-order valence-electron chi connectivity index (χ3n) is 4.15. The fraction of sp³-hybridized carbons (Fsp3) is 0.353. The number of nitrogens with zero attached hydrogens (tertiary/aromatic N) is 1. The minimum Gasteiger partial charge on any atom is -0.496 e. The lowest BCUT2D eigenvalue weighted by Gasteiger charge is -2.29. The summed E-state index contributed by atoms with van der Waals surface area (Å²) in [6, 6.07) is 8.51. The topological polar surface area (TPSA) is 34.1 Å². The Kier molecular flexibility index (Phi) is 3.45. The molecule has 1 aliphatic heterocycles. The van der Waals surface area contributed by atoms with Gasteiger partial charge in [0.25, 0.3) is 0 Å². The Morgan fingerprint density at radius 3 is 2.85 bits per heavy atom. The van der Waals surface area contributed by atoms with Crippen molar-refractivity contribution in [3.05, 3.63) is 58.4 Å². The summed E-state index contributed by atoms with van der Waals surface area (Å²) in [6.07, 6.45) is 2.85. The van der Waals surface area contributed by atoms with Crippen molar-refractivity contribution in [1.29, 1.82) is 0 Å². The second-order valence-corrected chi connectivity index (χ2v) is 5.31. The van der Waals surface area contributed by atoms with Gasteiger partial charge in [-0.25, -0.2) is 0 Å². The maximum Gasteiger partial charge on any atom is 0.125 e. The van der Waals surface area contributed by atoms with Crippen LogP contribution in [0.3, 0.4) is 0 Å². The minimum absolute atomic E-state index is 0.160. The maximum absolute atomic E-state index is 5.66. The first-order chi connectivity index (χ1) is 9.72. The number of ether oxygens (including phenoxy) is 1. The number of nitrogens with one attached hydrogen (secondary N) is 1. The molecule has 0 amide bonds. The summed E-state index contributed by atoms with van der Waals surface area (Å²) in [5.74, 6) is 1.04. The van der Waals surface area contributed by atoms with Crippen LogP contribution in [-0.4, -0.2) is 18.6 Å². The summed E-state index contributed by atoms with van der Waals surface area (Å²) < 4.78 is 5.66. The standard InChI is InChI=1S/C17H20N2O/c1-11-10-14-13(17(20-3)12(11)2)7-9-19-16(14)15-6-4-5-8-18-15/h4-6,8,10,16,19H,7,9H2,1-3H3. The molecule has 1 aromatic carbocycles. The number of hydrogen-bond acceptors (Lipinski definition) is 3. The molecule has 104 valence electrons. The van der Waals surface area contributed by atoms with Gasteiger partial charge in [-0.1, -0.05) is 12.1 Å². The first-order valence-electron chi connectivity index (χ1n) is 7.03. The van der Waals surface area contributed by atoms with Crippen LogP contribution < -0.4 is 10.1 Å². The van der Waals surface area contributed by atoms with Gasteiger partial charge in [0, 0.05) is 18.3 Å². The quantitative estimate of drug-likeness (QED) is 0.909. The van der Waals surface area contributed by atoms with E-state index in [2.05, 4.69) is 36.3 Å². The van der Waals surface area contributed by atoms with E-state index in [1.54, 1.807) is 7.11 Å². The van der Waals surface area contributed by atoms with Gasteiger partial charge in [0.1, 0.15) is 5.75 Å². The lowest BCUT2D eigenvalue weighted by molar-refractivity contribution is 0.400. The molecule has 20 heavy (non-hydrogen) atoms. The fourth-order valence-corrected chi connectivity index (χ4v) is 3.02. The van der Waals surface area contributed by atoms with E-state index in [1.807, 2.05) is 18.3 Å². The molecule has 2 heterocycles. The van der Waals surface area contributed by atoms with E-state index in [9.17, 15) is 0 Å². The molecule has 0 fully saturated rings. The van der Waals surface area contributed by atoms with E-state index in [0.29, 0.717) is 0 Å². The molecule has 0 saturated carbocycles. The Morgan fingerprint density at radius 2 is 2.15 bits per heavy atom. The van der Waals surface area contributed by atoms with Gasteiger partial charge in [-0.15, -0.1) is 0 Å². The molecule has 1 aliphatic rings. The fourth-order valence-electron chi connectivity index (χ4n) is 3.02. The van der Waals surface area contributed by atoms with E-state index in [0.717, 1.165) is 24.4 Å². The van der Waals surface area contributed by atoms with Crippen molar-refractivity contribution >= 4 is 0 Å². The van der Waals surface area contributed by atoms with Crippen LogP contribution in [0, 0.1) is 13.8 Å². The Hall–Kier alpha value is -1.87. The van der Waals surface area contributed by atoms with Crippen molar-refractivity contribution < 1.29 is 4.74 Å². The van der Waals surface area contributed by atoms with E-state index in [1.165, 1.54) is 22.3 Å². The molecule has 1 atom stereocenters. The second-order valence-electron chi connectivity index (χ2n) is 5.31. The highest BCUT2D eigenvalue weighted by Gasteiger charge is 2.26. The Bertz CT molecular complexity index is 623. The highest BCUT2D eigenvalue weighted by molar-refractivity contribution is 5.53. The molecule has 2 aromatic rings. The molecule has 1 N–H and O–H groups in total. The van der Waals surface area contributed by atoms with Crippen LogP contribution in [0.25, 0.3) is 0 Å². The Morgan fingerprint density at radius 1 is 1.30 bits per heavy atom. The molecule has 3 heteroatoms. The number of fused-ring (bicyclic) bond motifs is 1. The lowest BCUT2D eigenvalue weighted by atomic mass is 9.88. The first-order valence-corrected chi connectivity index (χ1v) is 7.03. The highest BCUT2D eigenvalue weighted by Crippen LogP contribution is 2.37. The normalized spacial score (nSPS) is 17.6. The van der Waals surface area contributed by atoms with Crippen LogP contribution in [0.4, 0.5) is 0 Å². The van der Waals surface area contributed by atoms with Gasteiger partial charge in [-0.2, -0.15) is 0 Å². The molecule has 0 aliphatic carbocycles. The van der Waals surface area contributed by atoms with E-state index < -0.39 is 0 Å². The number of benzene rings is 1. The van der Waals surface area contributed by atoms with Crippen molar-refractivity contribution in [1.82, 2.24) is 10.3 Å². The van der Waals surface area contributed by atoms with Crippen molar-refractivity contribution in [3.8, 4) is 5.75 Å². The zero-order chi connectivity index (χ0) is 14.1. The molecule has 1 unspecified atom stereocenters. The Balaban J connectivity index is 2.16. The molecular weight excluding hydrogens is 248 g/mol.